The molecule has 2 heterocycles. The third-order valence-corrected chi connectivity index (χ3v) is 4.11. The van der Waals surface area contributed by atoms with Gasteiger partial charge in [-0.25, -0.2) is 9.78 Å². The van der Waals surface area contributed by atoms with Gasteiger partial charge in [0.2, 0.25) is 0 Å². The van der Waals surface area contributed by atoms with E-state index in [9.17, 15) is 4.79 Å². The van der Waals surface area contributed by atoms with Crippen LogP contribution in [0, 0.1) is 11.3 Å². The summed E-state index contributed by atoms with van der Waals surface area (Å²) in [6, 6.07) is 8.39. The van der Waals surface area contributed by atoms with Crippen LogP contribution < -0.4 is 16.0 Å². The summed E-state index contributed by atoms with van der Waals surface area (Å²) < 4.78 is 0. The zero-order valence-corrected chi connectivity index (χ0v) is 12.0. The molecule has 6 nitrogen and oxygen atoms in total. The number of amides is 2. The van der Waals surface area contributed by atoms with Crippen LogP contribution in [0.25, 0.3) is 0 Å². The molecule has 0 saturated carbocycles. The first-order chi connectivity index (χ1) is 10.2. The Morgan fingerprint density at radius 2 is 2.14 bits per heavy atom. The van der Waals surface area contributed by atoms with Gasteiger partial charge in [0.1, 0.15) is 0 Å². The van der Waals surface area contributed by atoms with Gasteiger partial charge in [0.05, 0.1) is 17.3 Å². The van der Waals surface area contributed by atoms with Gasteiger partial charge in [-0.05, 0) is 24.3 Å². The maximum absolute atomic E-state index is 11.9. The van der Waals surface area contributed by atoms with Gasteiger partial charge in [-0.2, -0.15) is 5.26 Å². The number of benzene rings is 1. The van der Waals surface area contributed by atoms with Crippen LogP contribution in [-0.4, -0.2) is 17.6 Å². The Labute approximate surface area is 125 Å². The van der Waals surface area contributed by atoms with Crippen molar-refractivity contribution >= 4 is 28.2 Å². The lowest BCUT2D eigenvalue weighted by atomic mass is 10.2. The number of nitriles is 1. The summed E-state index contributed by atoms with van der Waals surface area (Å²) in [6.07, 6.45) is 0.894. The summed E-state index contributed by atoms with van der Waals surface area (Å²) in [6.45, 7) is 1.74. The zero-order valence-electron chi connectivity index (χ0n) is 11.1. The summed E-state index contributed by atoms with van der Waals surface area (Å²) >= 11 is 1.49. The number of anilines is 2. The van der Waals surface area contributed by atoms with Gasteiger partial charge in [-0.1, -0.05) is 0 Å². The Bertz CT molecular complexity index is 678. The van der Waals surface area contributed by atoms with Crippen molar-refractivity contribution in [2.24, 2.45) is 0 Å². The molecule has 0 atom stereocenters. The predicted molar refractivity (Wildman–Crippen MR) is 81.3 cm³/mol. The second-order valence-corrected chi connectivity index (χ2v) is 5.67. The summed E-state index contributed by atoms with van der Waals surface area (Å²) in [4.78, 5) is 17.5. The Morgan fingerprint density at radius 1 is 1.33 bits per heavy atom. The lowest BCUT2D eigenvalue weighted by Gasteiger charge is -2.09. The fourth-order valence-corrected chi connectivity index (χ4v) is 3.04. The Morgan fingerprint density at radius 3 is 2.86 bits per heavy atom. The van der Waals surface area contributed by atoms with Crippen molar-refractivity contribution in [1.29, 1.82) is 5.26 Å². The van der Waals surface area contributed by atoms with Crippen molar-refractivity contribution in [2.45, 2.75) is 13.0 Å². The van der Waals surface area contributed by atoms with Crippen molar-refractivity contribution in [2.75, 3.05) is 17.2 Å². The van der Waals surface area contributed by atoms with Crippen LogP contribution in [0.5, 0.6) is 0 Å². The van der Waals surface area contributed by atoms with Crippen LogP contribution in [0.2, 0.25) is 0 Å². The zero-order chi connectivity index (χ0) is 14.7. The minimum atomic E-state index is -0.334. The monoisotopic (exact) mass is 299 g/mol. The quantitative estimate of drug-likeness (QED) is 0.793. The Balaban J connectivity index is 1.63. The van der Waals surface area contributed by atoms with E-state index in [1.807, 2.05) is 6.07 Å². The number of rotatable bonds is 2. The smallest absolute Gasteiger partial charge is 0.311 e. The van der Waals surface area contributed by atoms with Crippen LogP contribution >= 0.6 is 11.3 Å². The van der Waals surface area contributed by atoms with E-state index in [0.29, 0.717) is 16.4 Å². The molecule has 7 heteroatoms. The molecule has 1 aliphatic heterocycles. The predicted octanol–water partition coefficient (Wildman–Crippen LogP) is 2.30. The highest BCUT2D eigenvalue weighted by Crippen LogP contribution is 2.25. The number of carbonyl (C=O) groups is 1. The Hall–Kier alpha value is -2.43. The molecule has 0 unspecified atom stereocenters. The number of hydrogen-bond acceptors (Lipinski definition) is 5. The minimum Gasteiger partial charge on any atom is -0.311 e. The van der Waals surface area contributed by atoms with E-state index in [0.717, 1.165) is 25.2 Å². The van der Waals surface area contributed by atoms with Gasteiger partial charge < -0.3 is 10.6 Å². The number of carbonyl (C=O) groups excluding carboxylic acids is 1. The summed E-state index contributed by atoms with van der Waals surface area (Å²) in [5.41, 5.74) is 2.25. The molecule has 2 aromatic rings. The first-order valence-electron chi connectivity index (χ1n) is 6.52. The number of nitrogens with one attached hydrogen (secondary N) is 3. The molecule has 3 N–H and O–H groups in total. The van der Waals surface area contributed by atoms with Crippen molar-refractivity contribution in [3.63, 3.8) is 0 Å². The molecule has 1 aliphatic rings. The minimum absolute atomic E-state index is 0.334. The van der Waals surface area contributed by atoms with Crippen molar-refractivity contribution in [3.8, 4) is 6.07 Å². The van der Waals surface area contributed by atoms with Crippen LogP contribution in [0.15, 0.2) is 24.3 Å². The van der Waals surface area contributed by atoms with Gasteiger partial charge >= 0.3 is 6.03 Å². The number of hydrogen-bond donors (Lipinski definition) is 3. The lowest BCUT2D eigenvalue weighted by Crippen LogP contribution is -2.22. The average Bonchev–Trinajstić information content (AvgIpc) is 2.90. The highest BCUT2D eigenvalue weighted by molar-refractivity contribution is 7.15. The van der Waals surface area contributed by atoms with E-state index >= 15 is 0 Å². The molecule has 0 saturated heterocycles. The molecular formula is C14H13N5OS. The van der Waals surface area contributed by atoms with E-state index in [-0.39, 0.29) is 6.03 Å². The summed E-state index contributed by atoms with van der Waals surface area (Å²) in [7, 11) is 0. The molecule has 21 heavy (non-hydrogen) atoms. The van der Waals surface area contributed by atoms with Gasteiger partial charge in [0.25, 0.3) is 0 Å². The lowest BCUT2D eigenvalue weighted by molar-refractivity contribution is 0.262. The van der Waals surface area contributed by atoms with Gasteiger partial charge in [-0.15, -0.1) is 11.3 Å². The van der Waals surface area contributed by atoms with Crippen molar-refractivity contribution < 1.29 is 4.79 Å². The van der Waals surface area contributed by atoms with E-state index in [2.05, 4.69) is 20.9 Å². The number of aromatic nitrogens is 1. The van der Waals surface area contributed by atoms with Gasteiger partial charge in [0, 0.05) is 30.1 Å². The topological polar surface area (TPSA) is 89.8 Å². The van der Waals surface area contributed by atoms with Crippen LogP contribution in [0.1, 0.15) is 16.1 Å². The first kappa shape index (κ1) is 13.5. The molecule has 1 aromatic heterocycles. The van der Waals surface area contributed by atoms with Gasteiger partial charge in [0.15, 0.2) is 5.13 Å². The van der Waals surface area contributed by atoms with Crippen LogP contribution in [0.3, 0.4) is 0 Å². The summed E-state index contributed by atoms with van der Waals surface area (Å²) in [5, 5.41) is 18.1. The number of nitrogens with zero attached hydrogens (tertiary/aromatic N) is 2. The maximum Gasteiger partial charge on any atom is 0.325 e. The standard InChI is InChI=1S/C14H13N5OS/c15-7-9-1-3-10(4-2-9)17-13(20)19-14-18-11-5-6-16-8-12(11)21-14/h1-4,16H,5-6,8H2,(H2,17,18,19,20). The van der Waals surface area contributed by atoms with Crippen molar-refractivity contribution in [3.05, 3.63) is 40.4 Å². The Kier molecular flexibility index (Phi) is 3.81. The fraction of sp³-hybridized carbons (Fsp3) is 0.214. The molecule has 3 rings (SSSR count). The molecule has 0 spiro atoms. The summed E-state index contributed by atoms with van der Waals surface area (Å²) in [5.74, 6) is 0. The van der Waals surface area contributed by atoms with E-state index in [1.54, 1.807) is 24.3 Å². The third kappa shape index (κ3) is 3.18. The molecular weight excluding hydrogens is 286 g/mol. The highest BCUT2D eigenvalue weighted by atomic mass is 32.1. The van der Waals surface area contributed by atoms with Gasteiger partial charge in [-0.3, -0.25) is 5.32 Å². The molecule has 0 aliphatic carbocycles. The largest absolute Gasteiger partial charge is 0.325 e. The maximum atomic E-state index is 11.9. The second kappa shape index (κ2) is 5.91. The molecule has 2 amide bonds. The molecule has 1 aromatic carbocycles. The molecule has 0 radical (unpaired) electrons. The fourth-order valence-electron chi connectivity index (χ4n) is 2.07. The van der Waals surface area contributed by atoms with E-state index in [1.165, 1.54) is 16.2 Å². The van der Waals surface area contributed by atoms with Crippen LogP contribution in [0.4, 0.5) is 15.6 Å². The highest BCUT2D eigenvalue weighted by Gasteiger charge is 2.15. The normalized spacial score (nSPS) is 13.1. The number of urea groups is 1. The molecule has 106 valence electrons. The van der Waals surface area contributed by atoms with Crippen LogP contribution in [-0.2, 0) is 13.0 Å². The first-order valence-corrected chi connectivity index (χ1v) is 7.34. The number of fused-ring (bicyclic) bond motifs is 1. The molecule has 0 fully saturated rings. The van der Waals surface area contributed by atoms with E-state index in [4.69, 9.17) is 5.26 Å². The third-order valence-electron chi connectivity index (χ3n) is 3.09. The van der Waals surface area contributed by atoms with E-state index < -0.39 is 0 Å². The average molecular weight is 299 g/mol. The van der Waals surface area contributed by atoms with Crippen molar-refractivity contribution in [1.82, 2.24) is 10.3 Å². The SMILES string of the molecule is N#Cc1ccc(NC(=O)Nc2nc3c(s2)CNCC3)cc1. The number of thiazole rings is 1. The molecule has 0 bridgehead atoms. The second-order valence-electron chi connectivity index (χ2n) is 4.58.